The summed E-state index contributed by atoms with van der Waals surface area (Å²) in [6.07, 6.45) is 0. The fourth-order valence-electron chi connectivity index (χ4n) is 22.7. The van der Waals surface area contributed by atoms with E-state index in [0.29, 0.717) is 0 Å². The number of H-pyrrole nitrogens is 1. The summed E-state index contributed by atoms with van der Waals surface area (Å²) in [6.45, 7) is 0. The Hall–Kier alpha value is -16.9. The second kappa shape index (κ2) is 27.3. The molecule has 0 radical (unpaired) electrons. The summed E-state index contributed by atoms with van der Waals surface area (Å²) in [7, 11) is 0. The third-order valence-corrected chi connectivity index (χ3v) is 30.5. The molecule has 0 amide bonds. The second-order valence-electron chi connectivity index (χ2n) is 34.6. The molecule has 0 saturated heterocycles. The fourth-order valence-corrected chi connectivity index (χ4v) is 25.2. The molecule has 30 aromatic rings. The quantitative estimate of drug-likeness (QED) is 0.147. The van der Waals surface area contributed by atoms with Gasteiger partial charge >= 0.3 is 247 Å². The van der Waals surface area contributed by atoms with E-state index < -0.39 is 0 Å². The van der Waals surface area contributed by atoms with Crippen molar-refractivity contribution in [2.24, 2.45) is 0 Å². The van der Waals surface area contributed by atoms with Crippen molar-refractivity contribution in [3.05, 3.63) is 437 Å². The maximum absolute atomic E-state index is 3.80. The van der Waals surface area contributed by atoms with Crippen molar-refractivity contribution in [1.82, 2.24) is 41.5 Å². The first-order valence-corrected chi connectivity index (χ1v) is 46.3. The van der Waals surface area contributed by atoms with Crippen LogP contribution >= 0.6 is 0 Å². The van der Waals surface area contributed by atoms with Gasteiger partial charge in [-0.3, -0.25) is 0 Å². The predicted octanol–water partition coefficient (Wildman–Crippen LogP) is 31.1. The van der Waals surface area contributed by atoms with Crippen LogP contribution in [0.3, 0.4) is 0 Å². The van der Waals surface area contributed by atoms with E-state index in [0.717, 1.165) is 50.8 Å². The Morgan fingerprint density at radius 1 is 0.162 bits per heavy atom. The molecule has 20 aromatic carbocycles. The monoisotopic (exact) mass is 1720 g/mol. The summed E-state index contributed by atoms with van der Waals surface area (Å²) in [5.41, 5.74) is 30.6. The van der Waals surface area contributed by atoms with Crippen LogP contribution in [0.4, 0.5) is 0 Å². The smallest absolute Gasteiger partial charge is 0.353 e. The number of rotatable bonds is 8. The van der Waals surface area contributed by atoms with Crippen molar-refractivity contribution in [3.63, 3.8) is 0 Å². The molecule has 604 valence electrons. The molecule has 0 atom stereocenters. The maximum atomic E-state index is 3.80. The molecule has 10 aromatic heterocycles. The summed E-state index contributed by atoms with van der Waals surface area (Å²) < 4.78 is 22.7. The van der Waals surface area contributed by atoms with Crippen LogP contribution in [0.15, 0.2) is 437 Å². The molecule has 0 saturated carbocycles. The number of aromatic nitrogens is 9. The zero-order valence-electron chi connectivity index (χ0n) is 70.1. The number of fused-ring (bicyclic) bond motifs is 32. The summed E-state index contributed by atoms with van der Waals surface area (Å²) in [4.78, 5) is 3.80. The van der Waals surface area contributed by atoms with Crippen molar-refractivity contribution >= 4 is 230 Å². The van der Waals surface area contributed by atoms with Gasteiger partial charge in [-0.25, -0.2) is 0 Å². The van der Waals surface area contributed by atoms with Crippen LogP contribution in [-0.2, 0) is 0 Å². The molecule has 30 rings (SSSR count). The topological polar surface area (TPSA) is 55.2 Å². The predicted molar refractivity (Wildman–Crippen MR) is 549 cm³/mol. The standard InChI is InChI=1S/C60H37N5.C60H36N4Se/c1-2-16-37(17-3-1)64-51-28-11-5-21-41(51)45-32-33-54-58(60(45)64)46-24-8-13-30-53(46)62(54)38-18-14-19-39(34-38)63-50-27-10-6-22-42(50)47-35-48-43-23-7-12-29-52(43)65(57(48)36-56(47)63)55-31-15-25-44-40-20-4-9-26-49(40)61-59(44)55;1-2-16-37(17-3-1)61-50-28-11-6-23-44(50)58-52(61)32-33-53-59(58)45-24-7-12-29-51(45)62(53)38-18-14-19-39(34-38)63-48-26-9-4-20-40(48)46-35-47-41-21-5-10-27-49(41)64(56(47)36-55(46)63)54-30-15-25-43-42-22-8-13-31-57(42)65-60(43)54/h1-36,61H;1-36H. The van der Waals surface area contributed by atoms with Gasteiger partial charge in [0.15, 0.2) is 0 Å². The van der Waals surface area contributed by atoms with E-state index in [1.165, 1.54) is 210 Å². The van der Waals surface area contributed by atoms with E-state index >= 15 is 0 Å². The van der Waals surface area contributed by atoms with Crippen LogP contribution in [0.25, 0.3) is 261 Å². The molecule has 0 fully saturated rings. The third-order valence-electron chi connectivity index (χ3n) is 28.0. The minimum atomic E-state index is 0.206. The summed E-state index contributed by atoms with van der Waals surface area (Å²) in [6, 6.07) is 161. The van der Waals surface area contributed by atoms with Crippen LogP contribution < -0.4 is 0 Å². The van der Waals surface area contributed by atoms with Crippen molar-refractivity contribution in [3.8, 4) is 45.5 Å². The molecule has 0 aliphatic heterocycles. The number of aromatic amines is 1. The number of hydrogen-bond acceptors (Lipinski definition) is 0. The van der Waals surface area contributed by atoms with E-state index in [-0.39, 0.29) is 14.5 Å². The van der Waals surface area contributed by atoms with E-state index in [1.54, 1.807) is 0 Å². The van der Waals surface area contributed by atoms with Crippen molar-refractivity contribution in [2.75, 3.05) is 0 Å². The normalized spacial score (nSPS) is 12.3. The van der Waals surface area contributed by atoms with Gasteiger partial charge in [0.05, 0.1) is 66.4 Å². The van der Waals surface area contributed by atoms with Crippen molar-refractivity contribution in [2.45, 2.75) is 0 Å². The van der Waals surface area contributed by atoms with E-state index in [9.17, 15) is 0 Å². The van der Waals surface area contributed by atoms with Crippen LogP contribution in [-0.4, -0.2) is 56.0 Å². The Morgan fingerprint density at radius 2 is 0.477 bits per heavy atom. The molecule has 0 bridgehead atoms. The Bertz CT molecular complexity index is 10100. The van der Waals surface area contributed by atoms with Crippen molar-refractivity contribution in [1.29, 1.82) is 0 Å². The van der Waals surface area contributed by atoms with Crippen molar-refractivity contribution < 1.29 is 0 Å². The average molecular weight is 1720 g/mol. The molecule has 0 unspecified atom stereocenters. The molecule has 130 heavy (non-hydrogen) atoms. The Balaban J connectivity index is 0.000000128. The Kier molecular flexibility index (Phi) is 15.0. The Labute approximate surface area is 748 Å². The first-order valence-electron chi connectivity index (χ1n) is 44.6. The van der Waals surface area contributed by atoms with Gasteiger partial charge in [0.1, 0.15) is 0 Å². The van der Waals surface area contributed by atoms with Gasteiger partial charge in [-0.05, 0) is 121 Å². The van der Waals surface area contributed by atoms with Gasteiger partial charge in [-0.1, -0.05) is 188 Å². The van der Waals surface area contributed by atoms with Crippen LogP contribution in [0.2, 0.25) is 0 Å². The number of nitrogens with one attached hydrogen (secondary N) is 1. The number of benzene rings is 20. The molecule has 10 heterocycles. The summed E-state index contributed by atoms with van der Waals surface area (Å²) in [5, 5.41) is 25.3. The molecule has 0 aliphatic rings. The molecule has 1 N–H and O–H groups in total. The zero-order valence-corrected chi connectivity index (χ0v) is 71.8. The van der Waals surface area contributed by atoms with Crippen LogP contribution in [0, 0.1) is 0 Å². The number of para-hydroxylation sites is 12. The first-order chi connectivity index (χ1) is 64.6. The Morgan fingerprint density at radius 3 is 0.977 bits per heavy atom. The van der Waals surface area contributed by atoms with Gasteiger partial charge in [0.25, 0.3) is 0 Å². The minimum Gasteiger partial charge on any atom is -0.353 e. The van der Waals surface area contributed by atoms with E-state index in [4.69, 9.17) is 0 Å². The van der Waals surface area contributed by atoms with Gasteiger partial charge in [0.2, 0.25) is 0 Å². The fraction of sp³-hybridized carbons (Fsp3) is 0. The summed E-state index contributed by atoms with van der Waals surface area (Å²) >= 11 is 0.206. The van der Waals surface area contributed by atoms with Gasteiger partial charge < -0.3 is 27.8 Å². The third kappa shape index (κ3) is 10.00. The van der Waals surface area contributed by atoms with Crippen LogP contribution in [0.1, 0.15) is 0 Å². The van der Waals surface area contributed by atoms with Gasteiger partial charge in [0, 0.05) is 104 Å². The number of hydrogen-bond donors (Lipinski definition) is 1. The first kappa shape index (κ1) is 71.4. The van der Waals surface area contributed by atoms with E-state index in [2.05, 4.69) is 478 Å². The van der Waals surface area contributed by atoms with Gasteiger partial charge in [-0.2, -0.15) is 0 Å². The molecular weight excluding hydrogens is 1650 g/mol. The molecule has 10 heteroatoms. The number of nitrogens with zero attached hydrogens (tertiary/aromatic N) is 8. The summed E-state index contributed by atoms with van der Waals surface area (Å²) in [5.74, 6) is 0. The van der Waals surface area contributed by atoms with E-state index in [1.807, 2.05) is 0 Å². The molecule has 9 nitrogen and oxygen atoms in total. The molecule has 0 aliphatic carbocycles. The minimum absolute atomic E-state index is 0.206. The van der Waals surface area contributed by atoms with Crippen LogP contribution in [0.5, 0.6) is 0 Å². The SMILES string of the molecule is c1ccc(-n2c3ccccc3c3c4c5ccccc5n(-c5cccc(-n6c7ccccc7c7cc8c9ccccc9n(-c9cccc%10c9[se]c9ccccc9%10)c8cc76)c5)c4ccc32)cc1.c1ccc(-n2c3ccccc3c3ccc4c(c5ccccc5n4-c4cccc(-n5c6ccccc6c6cc7c8ccccc8n(-c8cccc9c8[nH]c8ccccc89)c7cc65)c4)c32)cc1. The average Bonchev–Trinajstić information content (AvgIpc) is 1.56. The zero-order chi connectivity index (χ0) is 84.7. The molecule has 0 spiro atoms. The van der Waals surface area contributed by atoms with Gasteiger partial charge in [-0.15, -0.1) is 0 Å². The second-order valence-corrected chi connectivity index (χ2v) is 36.8. The molecular formula is C120H73N9Se.